The Labute approximate surface area is 178 Å². The van der Waals surface area contributed by atoms with E-state index in [1.165, 1.54) is 0 Å². The SMILES string of the molecule is CC12CCC(=O)N1c1ccccc1C(=O)N2CCC(=O)NCc1nnc2ccccn12. The molecule has 1 saturated heterocycles. The number of pyridine rings is 1. The number of anilines is 1. The Morgan fingerprint density at radius 1 is 1.13 bits per heavy atom. The highest BCUT2D eigenvalue weighted by molar-refractivity contribution is 6.10. The summed E-state index contributed by atoms with van der Waals surface area (Å²) in [5, 5.41) is 11.0. The molecule has 9 nitrogen and oxygen atoms in total. The quantitative estimate of drug-likeness (QED) is 0.680. The van der Waals surface area contributed by atoms with Gasteiger partial charge in [-0.05, 0) is 37.6 Å². The second-order valence-corrected chi connectivity index (χ2v) is 7.99. The van der Waals surface area contributed by atoms with E-state index in [0.717, 1.165) is 0 Å². The first-order valence-electron chi connectivity index (χ1n) is 10.3. The summed E-state index contributed by atoms with van der Waals surface area (Å²) in [5.41, 5.74) is 1.09. The molecular weight excluding hydrogens is 396 g/mol. The van der Waals surface area contributed by atoms with E-state index in [-0.39, 0.29) is 37.2 Å². The number of amides is 3. The van der Waals surface area contributed by atoms with Crippen LogP contribution in [0.15, 0.2) is 48.7 Å². The molecule has 2 aliphatic rings. The molecule has 1 atom stereocenters. The van der Waals surface area contributed by atoms with E-state index in [9.17, 15) is 14.4 Å². The lowest BCUT2D eigenvalue weighted by molar-refractivity contribution is -0.121. The smallest absolute Gasteiger partial charge is 0.257 e. The number of aromatic nitrogens is 3. The van der Waals surface area contributed by atoms with Gasteiger partial charge >= 0.3 is 0 Å². The topological polar surface area (TPSA) is 99.9 Å². The van der Waals surface area contributed by atoms with Gasteiger partial charge in [0.1, 0.15) is 5.66 Å². The maximum atomic E-state index is 13.2. The van der Waals surface area contributed by atoms with Crippen LogP contribution in [0.1, 0.15) is 42.4 Å². The molecule has 1 aromatic carbocycles. The highest BCUT2D eigenvalue weighted by atomic mass is 16.2. The average molecular weight is 418 g/mol. The molecule has 0 aliphatic carbocycles. The summed E-state index contributed by atoms with van der Waals surface area (Å²) in [6, 6.07) is 12.7. The van der Waals surface area contributed by atoms with Gasteiger partial charge in [-0.25, -0.2) is 0 Å². The Hall–Kier alpha value is -3.75. The maximum absolute atomic E-state index is 13.2. The molecule has 1 N–H and O–H groups in total. The molecule has 3 amide bonds. The van der Waals surface area contributed by atoms with Crippen LogP contribution >= 0.6 is 0 Å². The molecule has 9 heteroatoms. The number of nitrogens with zero attached hydrogens (tertiary/aromatic N) is 5. The van der Waals surface area contributed by atoms with Crippen LogP contribution in [0, 0.1) is 0 Å². The average Bonchev–Trinajstić information content (AvgIpc) is 3.33. The molecule has 1 fully saturated rings. The van der Waals surface area contributed by atoms with Gasteiger partial charge in [0.2, 0.25) is 11.8 Å². The zero-order valence-electron chi connectivity index (χ0n) is 17.1. The van der Waals surface area contributed by atoms with Gasteiger partial charge in [-0.3, -0.25) is 23.7 Å². The minimum Gasteiger partial charge on any atom is -0.349 e. The number of benzene rings is 1. The summed E-state index contributed by atoms with van der Waals surface area (Å²) in [6.45, 7) is 2.36. The first-order chi connectivity index (χ1) is 15.0. The van der Waals surface area contributed by atoms with Crippen LogP contribution in [0.25, 0.3) is 5.65 Å². The van der Waals surface area contributed by atoms with Crippen molar-refractivity contribution in [3.8, 4) is 0 Å². The predicted molar refractivity (Wildman–Crippen MR) is 112 cm³/mol. The molecule has 0 saturated carbocycles. The lowest BCUT2D eigenvalue weighted by Crippen LogP contribution is -2.62. The standard InChI is InChI=1S/C22H22N6O3/c1-22-11-9-20(30)28(22)16-7-3-2-6-15(16)21(31)27(22)13-10-19(29)23-14-18-25-24-17-8-4-5-12-26(17)18/h2-8,12H,9-11,13-14H2,1H3,(H,23,29). The van der Waals surface area contributed by atoms with E-state index >= 15 is 0 Å². The van der Waals surface area contributed by atoms with Gasteiger partial charge in [-0.2, -0.15) is 0 Å². The van der Waals surface area contributed by atoms with Crippen LogP contribution < -0.4 is 10.2 Å². The molecule has 158 valence electrons. The van der Waals surface area contributed by atoms with E-state index in [1.807, 2.05) is 47.9 Å². The monoisotopic (exact) mass is 418 g/mol. The molecule has 2 aliphatic heterocycles. The van der Waals surface area contributed by atoms with Gasteiger partial charge in [-0.15, -0.1) is 10.2 Å². The van der Waals surface area contributed by atoms with Crippen molar-refractivity contribution in [3.63, 3.8) is 0 Å². The van der Waals surface area contributed by atoms with Gasteiger partial charge in [0, 0.05) is 25.6 Å². The number of carbonyl (C=O) groups is 3. The van der Waals surface area contributed by atoms with Gasteiger partial charge in [0.25, 0.3) is 5.91 Å². The third kappa shape index (κ3) is 3.04. The van der Waals surface area contributed by atoms with Crippen molar-refractivity contribution in [1.29, 1.82) is 0 Å². The van der Waals surface area contributed by atoms with Gasteiger partial charge in [0.05, 0.1) is 17.8 Å². The Morgan fingerprint density at radius 2 is 1.94 bits per heavy atom. The first kappa shape index (κ1) is 19.2. The first-order valence-corrected chi connectivity index (χ1v) is 10.3. The summed E-state index contributed by atoms with van der Waals surface area (Å²) < 4.78 is 1.81. The largest absolute Gasteiger partial charge is 0.349 e. The zero-order chi connectivity index (χ0) is 21.6. The highest BCUT2D eigenvalue weighted by Gasteiger charge is 2.52. The van der Waals surface area contributed by atoms with E-state index in [4.69, 9.17) is 0 Å². The zero-order valence-corrected chi connectivity index (χ0v) is 17.1. The molecule has 31 heavy (non-hydrogen) atoms. The third-order valence-electron chi connectivity index (χ3n) is 6.14. The number of carbonyl (C=O) groups excluding carboxylic acids is 3. The number of para-hydroxylation sites is 1. The normalized spacial score (nSPS) is 20.2. The van der Waals surface area contributed by atoms with Crippen LogP contribution in [0.4, 0.5) is 5.69 Å². The second-order valence-electron chi connectivity index (χ2n) is 7.99. The molecule has 1 unspecified atom stereocenters. The van der Waals surface area contributed by atoms with Crippen molar-refractivity contribution in [2.24, 2.45) is 0 Å². The molecule has 0 spiro atoms. The third-order valence-corrected chi connectivity index (χ3v) is 6.14. The van der Waals surface area contributed by atoms with Gasteiger partial charge < -0.3 is 10.2 Å². The number of hydrogen-bond donors (Lipinski definition) is 1. The van der Waals surface area contributed by atoms with Crippen LogP contribution in [0.3, 0.4) is 0 Å². The fourth-order valence-electron chi connectivity index (χ4n) is 4.53. The summed E-state index contributed by atoms with van der Waals surface area (Å²) >= 11 is 0. The molecule has 3 aromatic rings. The summed E-state index contributed by atoms with van der Waals surface area (Å²) in [6.07, 6.45) is 2.88. The fourth-order valence-corrected chi connectivity index (χ4v) is 4.53. The van der Waals surface area contributed by atoms with E-state index < -0.39 is 5.66 Å². The molecule has 2 aromatic heterocycles. The minimum atomic E-state index is -0.758. The molecule has 0 bridgehead atoms. The lowest BCUT2D eigenvalue weighted by Gasteiger charge is -2.48. The molecule has 4 heterocycles. The van der Waals surface area contributed by atoms with Crippen molar-refractivity contribution >= 4 is 29.1 Å². The van der Waals surface area contributed by atoms with Crippen molar-refractivity contribution in [1.82, 2.24) is 24.8 Å². The molecule has 0 radical (unpaired) electrons. The van der Waals surface area contributed by atoms with Crippen LogP contribution in [0.2, 0.25) is 0 Å². The van der Waals surface area contributed by atoms with Crippen molar-refractivity contribution < 1.29 is 14.4 Å². The summed E-state index contributed by atoms with van der Waals surface area (Å²) in [5.74, 6) is 0.279. The van der Waals surface area contributed by atoms with Gasteiger partial charge in [0.15, 0.2) is 11.5 Å². The van der Waals surface area contributed by atoms with Crippen molar-refractivity contribution in [2.45, 2.75) is 38.4 Å². The Bertz CT molecular complexity index is 1200. The summed E-state index contributed by atoms with van der Waals surface area (Å²) in [4.78, 5) is 41.7. The highest BCUT2D eigenvalue weighted by Crippen LogP contribution is 2.43. The number of nitrogens with one attached hydrogen (secondary N) is 1. The Kier molecular flexibility index (Phi) is 4.46. The number of rotatable bonds is 5. The lowest BCUT2D eigenvalue weighted by atomic mass is 9.98. The number of hydrogen-bond acceptors (Lipinski definition) is 5. The maximum Gasteiger partial charge on any atom is 0.257 e. The molecular formula is C22H22N6O3. The van der Waals surface area contributed by atoms with E-state index in [0.29, 0.717) is 35.6 Å². The van der Waals surface area contributed by atoms with Crippen molar-refractivity contribution in [3.05, 3.63) is 60.0 Å². The Balaban J connectivity index is 1.30. The fraction of sp³-hybridized carbons (Fsp3) is 0.318. The van der Waals surface area contributed by atoms with E-state index in [1.54, 1.807) is 21.9 Å². The van der Waals surface area contributed by atoms with Crippen LogP contribution in [0.5, 0.6) is 0 Å². The van der Waals surface area contributed by atoms with Crippen LogP contribution in [-0.2, 0) is 16.1 Å². The minimum absolute atomic E-state index is 0.00409. The second kappa shape index (κ2) is 7.19. The summed E-state index contributed by atoms with van der Waals surface area (Å²) in [7, 11) is 0. The van der Waals surface area contributed by atoms with Gasteiger partial charge in [-0.1, -0.05) is 18.2 Å². The number of fused-ring (bicyclic) bond motifs is 4. The van der Waals surface area contributed by atoms with E-state index in [2.05, 4.69) is 15.5 Å². The van der Waals surface area contributed by atoms with Crippen LogP contribution in [-0.4, -0.2) is 49.4 Å². The van der Waals surface area contributed by atoms with Crippen molar-refractivity contribution in [2.75, 3.05) is 11.4 Å². The predicted octanol–water partition coefficient (Wildman–Crippen LogP) is 1.73. The Morgan fingerprint density at radius 3 is 2.81 bits per heavy atom. The molecule has 5 rings (SSSR count).